The Labute approximate surface area is 124 Å². The SMILES string of the molecule is CSc1ccc(C(=O)Nc2ccccc2I)cc1. The third-order valence-corrected chi connectivity index (χ3v) is 4.16. The molecule has 0 spiro atoms. The van der Waals surface area contributed by atoms with Crippen molar-refractivity contribution in [3.63, 3.8) is 0 Å². The summed E-state index contributed by atoms with van der Waals surface area (Å²) in [6, 6.07) is 15.3. The van der Waals surface area contributed by atoms with Gasteiger partial charge < -0.3 is 5.32 Å². The average molecular weight is 369 g/mol. The Balaban J connectivity index is 2.14. The monoisotopic (exact) mass is 369 g/mol. The lowest BCUT2D eigenvalue weighted by molar-refractivity contribution is 0.102. The van der Waals surface area contributed by atoms with E-state index in [1.54, 1.807) is 11.8 Å². The van der Waals surface area contributed by atoms with Crippen LogP contribution in [0.2, 0.25) is 0 Å². The third-order valence-electron chi connectivity index (χ3n) is 2.47. The van der Waals surface area contributed by atoms with Gasteiger partial charge in [0.15, 0.2) is 0 Å². The first-order chi connectivity index (χ1) is 8.70. The number of hydrogen-bond acceptors (Lipinski definition) is 2. The molecule has 0 saturated carbocycles. The van der Waals surface area contributed by atoms with E-state index >= 15 is 0 Å². The molecule has 2 nitrogen and oxygen atoms in total. The molecule has 1 amide bonds. The Morgan fingerprint density at radius 3 is 2.39 bits per heavy atom. The minimum absolute atomic E-state index is 0.0771. The zero-order chi connectivity index (χ0) is 13.0. The Hall–Kier alpha value is -1.01. The molecule has 0 saturated heterocycles. The molecular formula is C14H12INOS. The van der Waals surface area contributed by atoms with Crippen LogP contribution in [0, 0.1) is 3.57 Å². The van der Waals surface area contributed by atoms with Crippen LogP contribution < -0.4 is 5.32 Å². The van der Waals surface area contributed by atoms with E-state index in [2.05, 4.69) is 27.9 Å². The van der Waals surface area contributed by atoms with E-state index in [4.69, 9.17) is 0 Å². The molecule has 4 heteroatoms. The van der Waals surface area contributed by atoms with Gasteiger partial charge in [-0.3, -0.25) is 4.79 Å². The molecule has 1 N–H and O–H groups in total. The fraction of sp³-hybridized carbons (Fsp3) is 0.0714. The standard InChI is InChI=1S/C14H12INOS/c1-18-11-8-6-10(7-9-11)14(17)16-13-5-3-2-4-12(13)15/h2-9H,1H3,(H,16,17). The second kappa shape index (κ2) is 6.24. The molecular weight excluding hydrogens is 357 g/mol. The summed E-state index contributed by atoms with van der Waals surface area (Å²) in [6.07, 6.45) is 2.02. The van der Waals surface area contributed by atoms with Crippen molar-refractivity contribution in [2.45, 2.75) is 4.90 Å². The summed E-state index contributed by atoms with van der Waals surface area (Å²) in [7, 11) is 0. The molecule has 0 unspecified atom stereocenters. The van der Waals surface area contributed by atoms with E-state index in [0.717, 1.165) is 14.2 Å². The third kappa shape index (κ3) is 3.26. The number of anilines is 1. The van der Waals surface area contributed by atoms with Gasteiger partial charge in [-0.2, -0.15) is 0 Å². The fourth-order valence-corrected chi connectivity index (χ4v) is 2.43. The number of amides is 1. The van der Waals surface area contributed by atoms with Crippen molar-refractivity contribution in [3.05, 3.63) is 57.7 Å². The van der Waals surface area contributed by atoms with Gasteiger partial charge in [-0.15, -0.1) is 11.8 Å². The molecule has 0 radical (unpaired) electrons. The molecule has 0 fully saturated rings. The van der Waals surface area contributed by atoms with Crippen LogP contribution in [0.25, 0.3) is 0 Å². The van der Waals surface area contributed by atoms with Crippen LogP contribution in [-0.2, 0) is 0 Å². The molecule has 0 aliphatic heterocycles. The Bertz CT molecular complexity index is 554. The Kier molecular flexibility index (Phi) is 4.66. The van der Waals surface area contributed by atoms with Crippen LogP contribution in [0.15, 0.2) is 53.4 Å². The number of halogens is 1. The number of hydrogen-bond donors (Lipinski definition) is 1. The smallest absolute Gasteiger partial charge is 0.255 e. The van der Waals surface area contributed by atoms with Gasteiger partial charge in [-0.05, 0) is 65.2 Å². The number of benzene rings is 2. The number of carbonyl (C=O) groups excluding carboxylic acids is 1. The van der Waals surface area contributed by atoms with Crippen molar-refractivity contribution >= 4 is 45.9 Å². The van der Waals surface area contributed by atoms with Gasteiger partial charge in [0.25, 0.3) is 5.91 Å². The van der Waals surface area contributed by atoms with Gasteiger partial charge in [0.05, 0.1) is 5.69 Å². The average Bonchev–Trinajstić information content (AvgIpc) is 2.41. The first-order valence-electron chi connectivity index (χ1n) is 5.40. The van der Waals surface area contributed by atoms with Crippen molar-refractivity contribution in [1.82, 2.24) is 0 Å². The maximum Gasteiger partial charge on any atom is 0.255 e. The topological polar surface area (TPSA) is 29.1 Å². The van der Waals surface area contributed by atoms with E-state index in [-0.39, 0.29) is 5.91 Å². The fourth-order valence-electron chi connectivity index (χ4n) is 1.50. The molecule has 0 aliphatic rings. The maximum atomic E-state index is 12.0. The zero-order valence-corrected chi connectivity index (χ0v) is 12.8. The molecule has 0 aromatic heterocycles. The predicted molar refractivity (Wildman–Crippen MR) is 85.3 cm³/mol. The van der Waals surface area contributed by atoms with Gasteiger partial charge >= 0.3 is 0 Å². The van der Waals surface area contributed by atoms with Crippen molar-refractivity contribution < 1.29 is 4.79 Å². The van der Waals surface area contributed by atoms with Gasteiger partial charge in [0.1, 0.15) is 0 Å². The highest BCUT2D eigenvalue weighted by molar-refractivity contribution is 14.1. The molecule has 0 bridgehead atoms. The number of rotatable bonds is 3. The van der Waals surface area contributed by atoms with Gasteiger partial charge in [0, 0.05) is 14.0 Å². The first kappa shape index (κ1) is 13.4. The summed E-state index contributed by atoms with van der Waals surface area (Å²) < 4.78 is 1.03. The lowest BCUT2D eigenvalue weighted by atomic mass is 10.2. The van der Waals surface area contributed by atoms with E-state index < -0.39 is 0 Å². The Morgan fingerprint density at radius 2 is 1.78 bits per heavy atom. The highest BCUT2D eigenvalue weighted by Crippen LogP contribution is 2.19. The van der Waals surface area contributed by atoms with Crippen LogP contribution in [0.5, 0.6) is 0 Å². The van der Waals surface area contributed by atoms with Crippen LogP contribution in [0.1, 0.15) is 10.4 Å². The number of carbonyl (C=O) groups is 1. The zero-order valence-electron chi connectivity index (χ0n) is 9.81. The van der Waals surface area contributed by atoms with Gasteiger partial charge in [-0.25, -0.2) is 0 Å². The summed E-state index contributed by atoms with van der Waals surface area (Å²) in [4.78, 5) is 13.2. The number of thioether (sulfide) groups is 1. The van der Waals surface area contributed by atoms with E-state index in [1.807, 2.05) is 54.8 Å². The van der Waals surface area contributed by atoms with Crippen molar-refractivity contribution in [1.29, 1.82) is 0 Å². The summed E-state index contributed by atoms with van der Waals surface area (Å²) in [6.45, 7) is 0. The molecule has 0 aliphatic carbocycles. The van der Waals surface area contributed by atoms with Crippen molar-refractivity contribution in [3.8, 4) is 0 Å². The summed E-state index contributed by atoms with van der Waals surface area (Å²) in [5.41, 5.74) is 1.52. The van der Waals surface area contributed by atoms with Gasteiger partial charge in [-0.1, -0.05) is 12.1 Å². The quantitative estimate of drug-likeness (QED) is 0.647. The second-order valence-corrected chi connectivity index (χ2v) is 5.70. The van der Waals surface area contributed by atoms with Crippen molar-refractivity contribution in [2.24, 2.45) is 0 Å². The lowest BCUT2D eigenvalue weighted by Gasteiger charge is -2.07. The predicted octanol–water partition coefficient (Wildman–Crippen LogP) is 4.27. The second-order valence-electron chi connectivity index (χ2n) is 3.66. The molecule has 0 heterocycles. The van der Waals surface area contributed by atoms with Crippen LogP contribution >= 0.6 is 34.4 Å². The summed E-state index contributed by atoms with van der Waals surface area (Å²) in [5, 5.41) is 2.91. The Morgan fingerprint density at radius 1 is 1.11 bits per heavy atom. The highest BCUT2D eigenvalue weighted by atomic mass is 127. The van der Waals surface area contributed by atoms with E-state index in [1.165, 1.54) is 0 Å². The molecule has 18 heavy (non-hydrogen) atoms. The van der Waals surface area contributed by atoms with E-state index in [9.17, 15) is 4.79 Å². The largest absolute Gasteiger partial charge is 0.321 e. The summed E-state index contributed by atoms with van der Waals surface area (Å²) >= 11 is 3.87. The van der Waals surface area contributed by atoms with Crippen LogP contribution in [0.4, 0.5) is 5.69 Å². The molecule has 0 atom stereocenters. The van der Waals surface area contributed by atoms with Crippen molar-refractivity contribution in [2.75, 3.05) is 11.6 Å². The molecule has 92 valence electrons. The summed E-state index contributed by atoms with van der Waals surface area (Å²) in [5.74, 6) is -0.0771. The minimum atomic E-state index is -0.0771. The minimum Gasteiger partial charge on any atom is -0.321 e. The molecule has 2 rings (SSSR count). The van der Waals surface area contributed by atoms with Crippen LogP contribution in [-0.4, -0.2) is 12.2 Å². The lowest BCUT2D eigenvalue weighted by Crippen LogP contribution is -2.12. The highest BCUT2D eigenvalue weighted by Gasteiger charge is 2.07. The maximum absolute atomic E-state index is 12.0. The number of para-hydroxylation sites is 1. The van der Waals surface area contributed by atoms with Gasteiger partial charge in [0.2, 0.25) is 0 Å². The molecule has 2 aromatic rings. The number of nitrogens with one attached hydrogen (secondary N) is 1. The first-order valence-corrected chi connectivity index (χ1v) is 7.71. The van der Waals surface area contributed by atoms with Crippen LogP contribution in [0.3, 0.4) is 0 Å². The normalized spacial score (nSPS) is 10.1. The molecule has 2 aromatic carbocycles. The van der Waals surface area contributed by atoms with E-state index in [0.29, 0.717) is 5.56 Å².